The summed E-state index contributed by atoms with van der Waals surface area (Å²) >= 11 is 0. The van der Waals surface area contributed by atoms with E-state index in [-0.39, 0.29) is 5.41 Å². The van der Waals surface area contributed by atoms with E-state index in [1.165, 1.54) is 69.8 Å². The highest BCUT2D eigenvalue weighted by atomic mass is 16.3. The fourth-order valence-corrected chi connectivity index (χ4v) is 7.33. The second kappa shape index (κ2) is 4.85. The first kappa shape index (κ1) is 14.3. The fourth-order valence-electron chi connectivity index (χ4n) is 7.33. The molecule has 0 saturated heterocycles. The monoisotopic (exact) mass is 288 g/mol. The Hall–Kier alpha value is -0.300. The van der Waals surface area contributed by atoms with Crippen LogP contribution >= 0.6 is 0 Å². The van der Waals surface area contributed by atoms with Gasteiger partial charge in [-0.25, -0.2) is 0 Å². The van der Waals surface area contributed by atoms with Gasteiger partial charge < -0.3 is 5.11 Å². The molecule has 4 saturated carbocycles. The Labute approximate surface area is 130 Å². The average Bonchev–Trinajstić information content (AvgIpc) is 2.84. The molecule has 1 heteroatoms. The predicted molar refractivity (Wildman–Crippen MR) is 86.9 cm³/mol. The van der Waals surface area contributed by atoms with Gasteiger partial charge in [-0.2, -0.15) is 0 Å². The molecule has 1 unspecified atom stereocenters. The second-order valence-electron chi connectivity index (χ2n) is 8.90. The third-order valence-corrected chi connectivity index (χ3v) is 8.53. The van der Waals surface area contributed by atoms with Crippen LogP contribution < -0.4 is 0 Å². The second-order valence-corrected chi connectivity index (χ2v) is 8.90. The van der Waals surface area contributed by atoms with E-state index in [2.05, 4.69) is 13.5 Å². The van der Waals surface area contributed by atoms with Gasteiger partial charge >= 0.3 is 0 Å². The van der Waals surface area contributed by atoms with Crippen molar-refractivity contribution in [1.82, 2.24) is 0 Å². The Morgan fingerprint density at radius 2 is 1.90 bits per heavy atom. The molecule has 4 aliphatic carbocycles. The molecule has 4 aliphatic rings. The molecular formula is C20H32O. The lowest BCUT2D eigenvalue weighted by Crippen LogP contribution is -2.53. The van der Waals surface area contributed by atoms with Gasteiger partial charge in [-0.05, 0) is 80.5 Å². The zero-order valence-electron chi connectivity index (χ0n) is 13.7. The van der Waals surface area contributed by atoms with Crippen LogP contribution in [0.25, 0.3) is 0 Å². The van der Waals surface area contributed by atoms with E-state index in [9.17, 15) is 5.11 Å². The van der Waals surface area contributed by atoms with Crippen LogP contribution in [0.2, 0.25) is 0 Å². The quantitative estimate of drug-likeness (QED) is 0.677. The molecule has 21 heavy (non-hydrogen) atoms. The first-order valence-corrected chi connectivity index (χ1v) is 9.41. The molecule has 4 fully saturated rings. The predicted octanol–water partition coefficient (Wildman–Crippen LogP) is 4.95. The van der Waals surface area contributed by atoms with E-state index in [4.69, 9.17) is 0 Å². The summed E-state index contributed by atoms with van der Waals surface area (Å²) in [4.78, 5) is 0. The summed E-state index contributed by atoms with van der Waals surface area (Å²) < 4.78 is 0. The molecule has 1 nitrogen and oxygen atoms in total. The van der Waals surface area contributed by atoms with Crippen LogP contribution in [0.3, 0.4) is 0 Å². The standard InChI is InChI=1S/C20H32O/c1-14-6-9-18-16-8-7-15-5-3-4-11-19(15,2)17(16)10-12-20(14,18)13-21/h15-18,21H,1,3-13H2,2H3/t15?,16-,17+,18+,19+,20+/m1/s1. The smallest absolute Gasteiger partial charge is 0.0527 e. The lowest BCUT2D eigenvalue weighted by Gasteiger charge is -2.60. The molecule has 118 valence electrons. The summed E-state index contributed by atoms with van der Waals surface area (Å²) in [6, 6.07) is 0. The maximum Gasteiger partial charge on any atom is 0.0527 e. The normalized spacial score (nSPS) is 53.0. The van der Waals surface area contributed by atoms with Crippen molar-refractivity contribution < 1.29 is 5.11 Å². The van der Waals surface area contributed by atoms with E-state index >= 15 is 0 Å². The maximum absolute atomic E-state index is 10.1. The molecule has 6 atom stereocenters. The number of fused-ring (bicyclic) bond motifs is 5. The summed E-state index contributed by atoms with van der Waals surface area (Å²) in [5.74, 6) is 3.56. The first-order valence-electron chi connectivity index (χ1n) is 9.41. The Morgan fingerprint density at radius 1 is 1.05 bits per heavy atom. The molecule has 0 aliphatic heterocycles. The number of hydrogen-bond acceptors (Lipinski definition) is 1. The van der Waals surface area contributed by atoms with Crippen LogP contribution in [0.5, 0.6) is 0 Å². The summed E-state index contributed by atoms with van der Waals surface area (Å²) in [5.41, 5.74) is 2.11. The largest absolute Gasteiger partial charge is 0.395 e. The van der Waals surface area contributed by atoms with Crippen LogP contribution in [0.1, 0.15) is 71.1 Å². The third-order valence-electron chi connectivity index (χ3n) is 8.53. The number of aliphatic hydroxyl groups is 1. The molecule has 0 aromatic carbocycles. The minimum atomic E-state index is 0.110. The number of hydrogen-bond donors (Lipinski definition) is 1. The SMILES string of the molecule is C=C1CC[C@H]2[C@@H]3CCC4CCCC[C@]4(C)[C@H]3CC[C@]12CO. The number of rotatable bonds is 1. The molecule has 4 rings (SSSR count). The van der Waals surface area contributed by atoms with Gasteiger partial charge in [-0.3, -0.25) is 0 Å². The van der Waals surface area contributed by atoms with Crippen molar-refractivity contribution in [3.05, 3.63) is 12.2 Å². The molecular weight excluding hydrogens is 256 g/mol. The van der Waals surface area contributed by atoms with Crippen LogP contribution in [0.4, 0.5) is 0 Å². The average molecular weight is 288 g/mol. The van der Waals surface area contributed by atoms with E-state index in [1.54, 1.807) is 0 Å². The van der Waals surface area contributed by atoms with Gasteiger partial charge in [0.05, 0.1) is 6.61 Å². The van der Waals surface area contributed by atoms with Crippen molar-refractivity contribution in [3.8, 4) is 0 Å². The minimum Gasteiger partial charge on any atom is -0.395 e. The van der Waals surface area contributed by atoms with Gasteiger partial charge in [-0.15, -0.1) is 0 Å². The highest BCUT2D eigenvalue weighted by Gasteiger charge is 2.59. The lowest BCUT2D eigenvalue weighted by molar-refractivity contribution is -0.109. The summed E-state index contributed by atoms with van der Waals surface area (Å²) in [6.07, 6.45) is 13.8. The van der Waals surface area contributed by atoms with E-state index < -0.39 is 0 Å². The molecule has 0 heterocycles. The molecule has 0 radical (unpaired) electrons. The van der Waals surface area contributed by atoms with Crippen molar-refractivity contribution in [2.24, 2.45) is 34.5 Å². The Balaban J connectivity index is 1.66. The minimum absolute atomic E-state index is 0.110. The van der Waals surface area contributed by atoms with Crippen molar-refractivity contribution in [3.63, 3.8) is 0 Å². The summed E-state index contributed by atoms with van der Waals surface area (Å²) in [5, 5.41) is 10.1. The first-order chi connectivity index (χ1) is 10.1. The zero-order valence-corrected chi connectivity index (χ0v) is 13.7. The number of aliphatic hydroxyl groups excluding tert-OH is 1. The van der Waals surface area contributed by atoms with E-state index in [1.807, 2.05) is 0 Å². The molecule has 0 spiro atoms. The maximum atomic E-state index is 10.1. The van der Waals surface area contributed by atoms with Gasteiger partial charge in [0.25, 0.3) is 0 Å². The molecule has 0 amide bonds. The van der Waals surface area contributed by atoms with E-state index in [0.29, 0.717) is 12.0 Å². The Bertz CT molecular complexity index is 441. The zero-order chi connectivity index (χ0) is 14.7. The van der Waals surface area contributed by atoms with Crippen LogP contribution in [-0.2, 0) is 0 Å². The Kier molecular flexibility index (Phi) is 3.30. The van der Waals surface area contributed by atoms with Crippen LogP contribution in [0.15, 0.2) is 12.2 Å². The van der Waals surface area contributed by atoms with Crippen molar-refractivity contribution >= 4 is 0 Å². The van der Waals surface area contributed by atoms with Crippen molar-refractivity contribution in [2.45, 2.75) is 71.1 Å². The van der Waals surface area contributed by atoms with E-state index in [0.717, 1.165) is 23.7 Å². The molecule has 0 bridgehead atoms. The third kappa shape index (κ3) is 1.79. The molecule has 1 N–H and O–H groups in total. The van der Waals surface area contributed by atoms with Gasteiger partial charge in [0.15, 0.2) is 0 Å². The Morgan fingerprint density at radius 3 is 2.71 bits per heavy atom. The van der Waals surface area contributed by atoms with Crippen LogP contribution in [-0.4, -0.2) is 11.7 Å². The lowest BCUT2D eigenvalue weighted by atomic mass is 9.45. The highest BCUT2D eigenvalue weighted by molar-refractivity contribution is 5.22. The molecule has 0 aromatic heterocycles. The van der Waals surface area contributed by atoms with Gasteiger partial charge in [0.2, 0.25) is 0 Å². The fraction of sp³-hybridized carbons (Fsp3) is 0.900. The highest BCUT2D eigenvalue weighted by Crippen LogP contribution is 2.67. The van der Waals surface area contributed by atoms with Crippen molar-refractivity contribution in [2.75, 3.05) is 6.61 Å². The summed E-state index contributed by atoms with van der Waals surface area (Å²) in [6.45, 7) is 7.35. The van der Waals surface area contributed by atoms with Gasteiger partial charge in [-0.1, -0.05) is 31.9 Å². The van der Waals surface area contributed by atoms with Gasteiger partial charge in [0, 0.05) is 5.41 Å². The van der Waals surface area contributed by atoms with Crippen molar-refractivity contribution in [1.29, 1.82) is 0 Å². The molecule has 0 aromatic rings. The summed E-state index contributed by atoms with van der Waals surface area (Å²) in [7, 11) is 0. The van der Waals surface area contributed by atoms with Gasteiger partial charge in [0.1, 0.15) is 0 Å². The van der Waals surface area contributed by atoms with Crippen LogP contribution in [0, 0.1) is 34.5 Å². The topological polar surface area (TPSA) is 20.2 Å².